The van der Waals surface area contributed by atoms with Crippen LogP contribution in [0.2, 0.25) is 0 Å². The van der Waals surface area contributed by atoms with Gasteiger partial charge in [0, 0.05) is 4.47 Å². The summed E-state index contributed by atoms with van der Waals surface area (Å²) in [5, 5.41) is 0. The summed E-state index contributed by atoms with van der Waals surface area (Å²) in [6.45, 7) is 1.77. The van der Waals surface area contributed by atoms with Crippen LogP contribution >= 0.6 is 15.9 Å². The largest absolute Gasteiger partial charge is 0.293 e. The molecule has 0 bridgehead atoms. The molecule has 0 aliphatic carbocycles. The molecule has 1 N–H and O–H groups in total. The lowest BCUT2D eigenvalue weighted by Crippen LogP contribution is -2.15. The average molecular weight is 261 g/mol. The van der Waals surface area contributed by atoms with E-state index in [0.717, 1.165) is 5.56 Å². The fourth-order valence-electron chi connectivity index (χ4n) is 0.909. The Balaban J connectivity index is 3.50. The molecule has 3 nitrogen and oxygen atoms in total. The summed E-state index contributed by atoms with van der Waals surface area (Å²) in [5.74, 6) is 0. The zero-order valence-electron chi connectivity index (χ0n) is 6.78. The standard InChI is InChI=1S/C7H6BBrO3S/c1-4-2-5(8)7(3-6(4)9)13(10,11)12/h2-3H,1H3,(H,10,11,12). The van der Waals surface area contributed by atoms with Crippen molar-refractivity contribution in [2.45, 2.75) is 11.8 Å². The third-order valence-electron chi connectivity index (χ3n) is 1.57. The molecule has 0 spiro atoms. The van der Waals surface area contributed by atoms with Crippen LogP contribution in [0.15, 0.2) is 21.5 Å². The van der Waals surface area contributed by atoms with Gasteiger partial charge in [0.15, 0.2) is 0 Å². The van der Waals surface area contributed by atoms with Crippen LogP contribution in [0.4, 0.5) is 0 Å². The van der Waals surface area contributed by atoms with E-state index in [1.54, 1.807) is 6.92 Å². The summed E-state index contributed by atoms with van der Waals surface area (Å²) < 4.78 is 30.9. The Morgan fingerprint density at radius 1 is 1.46 bits per heavy atom. The minimum Gasteiger partial charge on any atom is -0.282 e. The molecule has 0 aliphatic heterocycles. The fourth-order valence-corrected chi connectivity index (χ4v) is 2.03. The van der Waals surface area contributed by atoms with Crippen molar-refractivity contribution in [3.8, 4) is 0 Å². The van der Waals surface area contributed by atoms with Crippen LogP contribution in [0.3, 0.4) is 0 Å². The minimum atomic E-state index is -4.23. The fraction of sp³-hybridized carbons (Fsp3) is 0.143. The van der Waals surface area contributed by atoms with Gasteiger partial charge >= 0.3 is 0 Å². The Hall–Kier alpha value is -0.325. The first-order chi connectivity index (χ1) is 5.82. The van der Waals surface area contributed by atoms with E-state index >= 15 is 0 Å². The normalized spacial score (nSPS) is 11.6. The Morgan fingerprint density at radius 3 is 2.46 bits per heavy atom. The quantitative estimate of drug-likeness (QED) is 0.600. The van der Waals surface area contributed by atoms with Gasteiger partial charge < -0.3 is 0 Å². The maximum atomic E-state index is 10.8. The average Bonchev–Trinajstić information content (AvgIpc) is 1.94. The molecule has 0 aromatic heterocycles. The van der Waals surface area contributed by atoms with Crippen LogP contribution in [0.25, 0.3) is 0 Å². The van der Waals surface area contributed by atoms with E-state index < -0.39 is 10.1 Å². The smallest absolute Gasteiger partial charge is 0.282 e. The number of rotatable bonds is 1. The summed E-state index contributed by atoms with van der Waals surface area (Å²) >= 11 is 3.14. The van der Waals surface area contributed by atoms with Crippen molar-refractivity contribution < 1.29 is 13.0 Å². The molecule has 0 saturated carbocycles. The Bertz CT molecular complexity index is 441. The first kappa shape index (κ1) is 10.8. The highest BCUT2D eigenvalue weighted by Crippen LogP contribution is 2.18. The molecule has 0 saturated heterocycles. The van der Waals surface area contributed by atoms with Crippen molar-refractivity contribution in [1.29, 1.82) is 0 Å². The zero-order chi connectivity index (χ0) is 10.2. The van der Waals surface area contributed by atoms with Crippen molar-refractivity contribution in [3.05, 3.63) is 22.2 Å². The Labute approximate surface area is 86.4 Å². The predicted molar refractivity (Wildman–Crippen MR) is 54.1 cm³/mol. The molecule has 0 aliphatic rings. The molecular weight excluding hydrogens is 255 g/mol. The number of aryl methyl sites for hydroxylation is 1. The lowest BCUT2D eigenvalue weighted by molar-refractivity contribution is 0.484. The molecule has 1 aromatic rings. The summed E-state index contributed by atoms with van der Waals surface area (Å²) in [5.41, 5.74) is 0.855. The third-order valence-corrected chi connectivity index (χ3v) is 3.33. The maximum Gasteiger partial charge on any atom is 0.293 e. The monoisotopic (exact) mass is 260 g/mol. The highest BCUT2D eigenvalue weighted by atomic mass is 79.9. The lowest BCUT2D eigenvalue weighted by atomic mass is 9.95. The van der Waals surface area contributed by atoms with Gasteiger partial charge in [-0.25, -0.2) is 0 Å². The predicted octanol–water partition coefficient (Wildman–Crippen LogP) is 0.798. The van der Waals surface area contributed by atoms with Gasteiger partial charge in [-0.3, -0.25) is 4.55 Å². The second-order valence-corrected chi connectivity index (χ2v) is 4.86. The van der Waals surface area contributed by atoms with Crippen molar-refractivity contribution in [2.75, 3.05) is 0 Å². The second-order valence-electron chi connectivity index (χ2n) is 2.61. The number of halogens is 1. The second kappa shape index (κ2) is 3.44. The van der Waals surface area contributed by atoms with E-state index in [4.69, 9.17) is 12.4 Å². The Kier molecular flexibility index (Phi) is 2.84. The summed E-state index contributed by atoms with van der Waals surface area (Å²) in [7, 11) is 1.19. The number of benzene rings is 1. The topological polar surface area (TPSA) is 54.4 Å². The molecule has 0 amide bonds. The molecular formula is C7H6BBrO3S. The molecule has 1 aromatic carbocycles. The van der Waals surface area contributed by atoms with Crippen LogP contribution < -0.4 is 5.46 Å². The van der Waals surface area contributed by atoms with E-state index in [1.807, 2.05) is 0 Å². The Morgan fingerprint density at radius 2 is 2.00 bits per heavy atom. The number of hydrogen-bond donors (Lipinski definition) is 1. The van der Waals surface area contributed by atoms with Crippen LogP contribution in [-0.2, 0) is 10.1 Å². The van der Waals surface area contributed by atoms with Gasteiger partial charge in [-0.15, -0.1) is 0 Å². The zero-order valence-corrected chi connectivity index (χ0v) is 9.18. The molecule has 68 valence electrons. The van der Waals surface area contributed by atoms with Gasteiger partial charge in [0.1, 0.15) is 7.85 Å². The first-order valence-electron chi connectivity index (χ1n) is 3.35. The van der Waals surface area contributed by atoms with Crippen LogP contribution in [0.5, 0.6) is 0 Å². The van der Waals surface area contributed by atoms with Crippen molar-refractivity contribution >= 4 is 39.4 Å². The molecule has 0 atom stereocenters. The van der Waals surface area contributed by atoms with E-state index in [9.17, 15) is 8.42 Å². The van der Waals surface area contributed by atoms with Crippen molar-refractivity contribution in [2.24, 2.45) is 0 Å². The summed E-state index contributed by atoms with van der Waals surface area (Å²) in [6.07, 6.45) is 0. The molecule has 0 heterocycles. The highest BCUT2D eigenvalue weighted by Gasteiger charge is 2.13. The van der Waals surface area contributed by atoms with Crippen molar-refractivity contribution in [3.63, 3.8) is 0 Å². The maximum absolute atomic E-state index is 10.8. The molecule has 0 unspecified atom stereocenters. The summed E-state index contributed by atoms with van der Waals surface area (Å²) in [6, 6.07) is 2.76. The van der Waals surface area contributed by atoms with Crippen LogP contribution in [-0.4, -0.2) is 20.8 Å². The molecule has 13 heavy (non-hydrogen) atoms. The first-order valence-corrected chi connectivity index (χ1v) is 5.59. The van der Waals surface area contributed by atoms with Gasteiger partial charge in [0.05, 0.1) is 4.90 Å². The van der Waals surface area contributed by atoms with Gasteiger partial charge in [0.2, 0.25) is 0 Å². The minimum absolute atomic E-state index is 0.0446. The number of hydrogen-bond acceptors (Lipinski definition) is 2. The van der Waals surface area contributed by atoms with Gasteiger partial charge in [-0.2, -0.15) is 8.42 Å². The van der Waals surface area contributed by atoms with E-state index in [1.165, 1.54) is 12.1 Å². The molecule has 6 heteroatoms. The molecule has 1 rings (SSSR count). The highest BCUT2D eigenvalue weighted by molar-refractivity contribution is 9.10. The third kappa shape index (κ3) is 2.33. The van der Waals surface area contributed by atoms with E-state index in [-0.39, 0.29) is 10.4 Å². The van der Waals surface area contributed by atoms with Crippen molar-refractivity contribution in [1.82, 2.24) is 0 Å². The lowest BCUT2D eigenvalue weighted by Gasteiger charge is -2.05. The van der Waals surface area contributed by atoms with Crippen LogP contribution in [0.1, 0.15) is 5.56 Å². The van der Waals surface area contributed by atoms with Gasteiger partial charge in [-0.05, 0) is 18.6 Å². The molecule has 2 radical (unpaired) electrons. The molecule has 0 fully saturated rings. The van der Waals surface area contributed by atoms with Gasteiger partial charge in [-0.1, -0.05) is 27.5 Å². The SMILES string of the molecule is [B]c1cc(C)c(Br)cc1S(=O)(=O)O. The summed E-state index contributed by atoms with van der Waals surface area (Å²) in [4.78, 5) is -0.273. The van der Waals surface area contributed by atoms with E-state index in [0.29, 0.717) is 4.47 Å². The van der Waals surface area contributed by atoms with Gasteiger partial charge in [0.25, 0.3) is 10.1 Å². The van der Waals surface area contributed by atoms with Crippen LogP contribution in [0, 0.1) is 6.92 Å². The van der Waals surface area contributed by atoms with E-state index in [2.05, 4.69) is 15.9 Å².